The van der Waals surface area contributed by atoms with Crippen LogP contribution in [-0.4, -0.2) is 48.6 Å². The van der Waals surface area contributed by atoms with Crippen molar-refractivity contribution in [3.8, 4) is 0 Å². The van der Waals surface area contributed by atoms with E-state index in [1.54, 1.807) is 0 Å². The zero-order chi connectivity index (χ0) is 19.4. The molecule has 1 amide bonds. The Morgan fingerprint density at radius 3 is 2.48 bits per heavy atom. The van der Waals surface area contributed by atoms with Gasteiger partial charge in [-0.15, -0.1) is 11.3 Å². The number of carbonyl (C=O) groups excluding carboxylic acids is 1. The van der Waals surface area contributed by atoms with Crippen LogP contribution in [0.15, 0.2) is 24.3 Å². The molecular formula is C21H29N3O2S. The highest BCUT2D eigenvalue weighted by Gasteiger charge is 2.23. The summed E-state index contributed by atoms with van der Waals surface area (Å²) < 4.78 is 5.46. The zero-order valence-corrected chi connectivity index (χ0v) is 17.4. The summed E-state index contributed by atoms with van der Waals surface area (Å²) in [5, 5.41) is 4.27. The third-order valence-corrected chi connectivity index (χ3v) is 6.30. The van der Waals surface area contributed by atoms with Gasteiger partial charge >= 0.3 is 0 Å². The van der Waals surface area contributed by atoms with Gasteiger partial charge in [-0.25, -0.2) is 4.98 Å². The highest BCUT2D eigenvalue weighted by atomic mass is 32.1. The van der Waals surface area contributed by atoms with Gasteiger partial charge in [0.05, 0.1) is 30.0 Å². The van der Waals surface area contributed by atoms with Crippen LogP contribution in [0.25, 0.3) is 0 Å². The van der Waals surface area contributed by atoms with E-state index in [1.807, 2.05) is 6.92 Å². The molecule has 2 aromatic rings. The highest BCUT2D eigenvalue weighted by Crippen LogP contribution is 2.25. The molecule has 1 N–H and O–H groups in total. The quantitative estimate of drug-likeness (QED) is 0.821. The van der Waals surface area contributed by atoms with Crippen LogP contribution in [0.5, 0.6) is 0 Å². The average molecular weight is 388 g/mol. The lowest BCUT2D eigenvalue weighted by atomic mass is 10.0. The van der Waals surface area contributed by atoms with Crippen LogP contribution in [0.4, 0.5) is 0 Å². The van der Waals surface area contributed by atoms with Crippen molar-refractivity contribution in [2.24, 2.45) is 0 Å². The number of aryl methyl sites for hydroxylation is 2. The molecular weight excluding hydrogens is 358 g/mol. The molecule has 3 rings (SSSR count). The SMILES string of the molecule is Cc1ccc(C(CN2CCOCC2)NC(=O)c2sc(C(C)C)nc2C)cc1. The first-order valence-corrected chi connectivity index (χ1v) is 10.4. The lowest BCUT2D eigenvalue weighted by Gasteiger charge is -2.31. The molecule has 0 aliphatic carbocycles. The Bertz CT molecular complexity index is 764. The Kier molecular flexibility index (Phi) is 6.63. The lowest BCUT2D eigenvalue weighted by molar-refractivity contribution is 0.0332. The summed E-state index contributed by atoms with van der Waals surface area (Å²) in [5.41, 5.74) is 3.16. The molecule has 27 heavy (non-hydrogen) atoms. The van der Waals surface area contributed by atoms with Crippen molar-refractivity contribution < 1.29 is 9.53 Å². The first kappa shape index (κ1) is 20.0. The number of benzene rings is 1. The third kappa shape index (κ3) is 5.15. The molecule has 1 fully saturated rings. The number of nitrogens with zero attached hydrogens (tertiary/aromatic N) is 2. The van der Waals surface area contributed by atoms with Crippen LogP contribution in [0.3, 0.4) is 0 Å². The molecule has 0 spiro atoms. The van der Waals surface area contributed by atoms with E-state index in [0.29, 0.717) is 5.92 Å². The number of aromatic nitrogens is 1. The predicted octanol–water partition coefficient (Wildman–Crippen LogP) is 3.69. The van der Waals surface area contributed by atoms with Crippen molar-refractivity contribution in [3.63, 3.8) is 0 Å². The molecule has 1 aromatic heterocycles. The van der Waals surface area contributed by atoms with Crippen LogP contribution in [0, 0.1) is 13.8 Å². The second-order valence-electron chi connectivity index (χ2n) is 7.47. The fraction of sp³-hybridized carbons (Fsp3) is 0.524. The largest absolute Gasteiger partial charge is 0.379 e. The third-order valence-electron chi connectivity index (χ3n) is 4.84. The van der Waals surface area contributed by atoms with Gasteiger partial charge in [-0.3, -0.25) is 9.69 Å². The maximum Gasteiger partial charge on any atom is 0.263 e. The topological polar surface area (TPSA) is 54.5 Å². The van der Waals surface area contributed by atoms with Crippen molar-refractivity contribution in [2.45, 2.75) is 39.7 Å². The molecule has 1 unspecified atom stereocenters. The number of thiazole rings is 1. The van der Waals surface area contributed by atoms with E-state index >= 15 is 0 Å². The van der Waals surface area contributed by atoms with E-state index < -0.39 is 0 Å². The van der Waals surface area contributed by atoms with Crippen LogP contribution in [0.1, 0.15) is 57.3 Å². The second kappa shape index (κ2) is 8.95. The predicted molar refractivity (Wildman–Crippen MR) is 110 cm³/mol. The van der Waals surface area contributed by atoms with Crippen LogP contribution in [0.2, 0.25) is 0 Å². The van der Waals surface area contributed by atoms with Gasteiger partial charge in [0.1, 0.15) is 4.88 Å². The maximum atomic E-state index is 13.0. The summed E-state index contributed by atoms with van der Waals surface area (Å²) in [5.74, 6) is 0.298. The number of carbonyl (C=O) groups is 1. The zero-order valence-electron chi connectivity index (χ0n) is 16.6. The maximum absolute atomic E-state index is 13.0. The minimum Gasteiger partial charge on any atom is -0.379 e. The van der Waals surface area contributed by atoms with E-state index in [2.05, 4.69) is 60.2 Å². The summed E-state index contributed by atoms with van der Waals surface area (Å²) in [6, 6.07) is 8.37. The monoisotopic (exact) mass is 387 g/mol. The number of morpholine rings is 1. The van der Waals surface area contributed by atoms with Gasteiger partial charge in [-0.1, -0.05) is 43.7 Å². The standard InChI is InChI=1S/C21H29N3O2S/c1-14(2)21-22-16(4)19(27-21)20(25)23-18(13-24-9-11-26-12-10-24)17-7-5-15(3)6-8-17/h5-8,14,18H,9-13H2,1-4H3,(H,23,25). The van der Waals surface area contributed by atoms with Crippen LogP contribution < -0.4 is 5.32 Å². The Morgan fingerprint density at radius 2 is 1.89 bits per heavy atom. The molecule has 1 aliphatic rings. The van der Waals surface area contributed by atoms with Gasteiger partial charge in [0.2, 0.25) is 0 Å². The van der Waals surface area contributed by atoms with Crippen LogP contribution >= 0.6 is 11.3 Å². The summed E-state index contributed by atoms with van der Waals surface area (Å²) in [6.45, 7) is 12.3. The van der Waals surface area contributed by atoms with E-state index in [1.165, 1.54) is 16.9 Å². The van der Waals surface area contributed by atoms with Gasteiger partial charge in [0.15, 0.2) is 0 Å². The van der Waals surface area contributed by atoms with Crippen molar-refractivity contribution in [2.75, 3.05) is 32.8 Å². The normalized spacial score (nSPS) is 16.5. The highest BCUT2D eigenvalue weighted by molar-refractivity contribution is 7.13. The van der Waals surface area contributed by atoms with Gasteiger partial charge in [-0.2, -0.15) is 0 Å². The molecule has 0 saturated carbocycles. The first-order valence-electron chi connectivity index (χ1n) is 9.59. The fourth-order valence-electron chi connectivity index (χ4n) is 3.17. The second-order valence-corrected chi connectivity index (χ2v) is 8.50. The Morgan fingerprint density at radius 1 is 1.22 bits per heavy atom. The summed E-state index contributed by atoms with van der Waals surface area (Å²) >= 11 is 1.50. The van der Waals surface area contributed by atoms with E-state index in [9.17, 15) is 4.79 Å². The molecule has 2 heterocycles. The van der Waals surface area contributed by atoms with Gasteiger partial charge in [-0.05, 0) is 19.4 Å². The number of amides is 1. The molecule has 5 nitrogen and oxygen atoms in total. The van der Waals surface area contributed by atoms with Crippen LogP contribution in [-0.2, 0) is 4.74 Å². The summed E-state index contributed by atoms with van der Waals surface area (Å²) in [6.07, 6.45) is 0. The summed E-state index contributed by atoms with van der Waals surface area (Å²) in [4.78, 5) is 20.7. The van der Waals surface area contributed by atoms with Gasteiger partial charge < -0.3 is 10.1 Å². The number of ether oxygens (including phenoxy) is 1. The summed E-state index contributed by atoms with van der Waals surface area (Å²) in [7, 11) is 0. The molecule has 1 atom stereocenters. The number of hydrogen-bond donors (Lipinski definition) is 1. The molecule has 0 bridgehead atoms. The van der Waals surface area contributed by atoms with Crippen molar-refractivity contribution >= 4 is 17.2 Å². The number of rotatable bonds is 6. The minimum absolute atomic E-state index is 0.0317. The lowest BCUT2D eigenvalue weighted by Crippen LogP contribution is -2.43. The van der Waals surface area contributed by atoms with Crippen molar-refractivity contribution in [3.05, 3.63) is 51.0 Å². The minimum atomic E-state index is -0.0554. The molecule has 1 aromatic carbocycles. The Labute approximate surface area is 165 Å². The Hall–Kier alpha value is -1.76. The molecule has 1 aliphatic heterocycles. The number of hydrogen-bond acceptors (Lipinski definition) is 5. The molecule has 0 radical (unpaired) electrons. The smallest absolute Gasteiger partial charge is 0.263 e. The van der Waals surface area contributed by atoms with Crippen molar-refractivity contribution in [1.82, 2.24) is 15.2 Å². The van der Waals surface area contributed by atoms with Gasteiger partial charge in [0.25, 0.3) is 5.91 Å². The van der Waals surface area contributed by atoms with E-state index in [4.69, 9.17) is 4.74 Å². The first-order chi connectivity index (χ1) is 12.9. The average Bonchev–Trinajstić information content (AvgIpc) is 3.05. The molecule has 6 heteroatoms. The Balaban J connectivity index is 1.79. The molecule has 146 valence electrons. The van der Waals surface area contributed by atoms with Gasteiger partial charge in [0, 0.05) is 25.6 Å². The molecule has 1 saturated heterocycles. The fourth-order valence-corrected chi connectivity index (χ4v) is 4.15. The van der Waals surface area contributed by atoms with E-state index in [-0.39, 0.29) is 11.9 Å². The van der Waals surface area contributed by atoms with Crippen molar-refractivity contribution in [1.29, 1.82) is 0 Å². The van der Waals surface area contributed by atoms with E-state index in [0.717, 1.165) is 54.0 Å². The number of nitrogens with one attached hydrogen (secondary N) is 1.